The molecule has 17 heavy (non-hydrogen) atoms. The Kier molecular flexibility index (Phi) is 3.91. The molecule has 0 saturated carbocycles. The Hall–Kier alpha value is -1.20. The number of methoxy groups -OCH3 is 1. The van der Waals surface area contributed by atoms with Gasteiger partial charge in [0, 0.05) is 11.6 Å². The second-order valence-electron chi connectivity index (χ2n) is 3.96. The number of aryl methyl sites for hydroxylation is 1. The van der Waals surface area contributed by atoms with Gasteiger partial charge in [-0.2, -0.15) is 0 Å². The Morgan fingerprint density at radius 1 is 1.59 bits per heavy atom. The highest BCUT2D eigenvalue weighted by Gasteiger charge is 2.23. The van der Waals surface area contributed by atoms with Crippen LogP contribution in [0, 0.1) is 6.92 Å². The van der Waals surface area contributed by atoms with Gasteiger partial charge in [0.25, 0.3) is 0 Å². The first kappa shape index (κ1) is 12.3. The molecular formula is C12H16N2O2S. The minimum atomic E-state index is -0.106. The summed E-state index contributed by atoms with van der Waals surface area (Å²) in [6, 6.07) is 5.63. The van der Waals surface area contributed by atoms with Crippen molar-refractivity contribution in [2.24, 2.45) is 0 Å². The second kappa shape index (κ2) is 5.42. The molecule has 0 bridgehead atoms. The standard InChI is InChI=1S/C12H16N2O2S/c1-8-3-4-11(16-2)9(5-8)14-12(15)10-6-17-7-13-10/h3-5,10,13H,6-7H2,1-2H3,(H,14,15). The van der Waals surface area contributed by atoms with Crippen molar-refractivity contribution in [3.63, 3.8) is 0 Å². The third-order valence-electron chi connectivity index (χ3n) is 2.65. The Bertz CT molecular complexity index is 417. The van der Waals surface area contributed by atoms with Crippen LogP contribution < -0.4 is 15.4 Å². The first-order valence-corrected chi connectivity index (χ1v) is 6.63. The van der Waals surface area contributed by atoms with Crippen LogP contribution in [0.25, 0.3) is 0 Å². The lowest BCUT2D eigenvalue weighted by Crippen LogP contribution is -2.37. The number of hydrogen-bond donors (Lipinski definition) is 2. The second-order valence-corrected chi connectivity index (χ2v) is 5.00. The lowest BCUT2D eigenvalue weighted by Gasteiger charge is -2.13. The molecule has 1 atom stereocenters. The molecule has 4 nitrogen and oxygen atoms in total. The number of carbonyl (C=O) groups is 1. The van der Waals surface area contributed by atoms with Crippen molar-refractivity contribution in [3.8, 4) is 5.75 Å². The molecular weight excluding hydrogens is 236 g/mol. The third kappa shape index (κ3) is 2.92. The highest BCUT2D eigenvalue weighted by atomic mass is 32.2. The molecule has 1 amide bonds. The fraction of sp³-hybridized carbons (Fsp3) is 0.417. The summed E-state index contributed by atoms with van der Waals surface area (Å²) in [7, 11) is 1.60. The van der Waals surface area contributed by atoms with E-state index in [1.807, 2.05) is 25.1 Å². The fourth-order valence-corrected chi connectivity index (χ4v) is 2.64. The van der Waals surface area contributed by atoms with Crippen molar-refractivity contribution < 1.29 is 9.53 Å². The van der Waals surface area contributed by atoms with E-state index in [4.69, 9.17) is 4.74 Å². The zero-order chi connectivity index (χ0) is 12.3. The van der Waals surface area contributed by atoms with Gasteiger partial charge in [-0.25, -0.2) is 0 Å². The van der Waals surface area contributed by atoms with Crippen LogP contribution in [0.5, 0.6) is 5.75 Å². The van der Waals surface area contributed by atoms with Crippen molar-refractivity contribution in [1.29, 1.82) is 0 Å². The molecule has 0 aromatic heterocycles. The van der Waals surface area contributed by atoms with Gasteiger partial charge >= 0.3 is 0 Å². The SMILES string of the molecule is COc1ccc(C)cc1NC(=O)C1CSCN1. The van der Waals surface area contributed by atoms with Crippen LogP contribution in [0.4, 0.5) is 5.69 Å². The largest absolute Gasteiger partial charge is 0.495 e. The molecule has 2 N–H and O–H groups in total. The molecule has 2 rings (SSSR count). The van der Waals surface area contributed by atoms with E-state index >= 15 is 0 Å². The van der Waals surface area contributed by atoms with Crippen molar-refractivity contribution >= 4 is 23.4 Å². The van der Waals surface area contributed by atoms with E-state index in [1.54, 1.807) is 18.9 Å². The summed E-state index contributed by atoms with van der Waals surface area (Å²) in [5, 5.41) is 6.04. The lowest BCUT2D eigenvalue weighted by molar-refractivity contribution is -0.117. The summed E-state index contributed by atoms with van der Waals surface area (Å²) in [6.45, 7) is 1.98. The predicted octanol–water partition coefficient (Wildman–Crippen LogP) is 1.60. The maximum absolute atomic E-state index is 12.0. The van der Waals surface area contributed by atoms with E-state index < -0.39 is 0 Å². The van der Waals surface area contributed by atoms with Gasteiger partial charge in [0.05, 0.1) is 18.8 Å². The van der Waals surface area contributed by atoms with Gasteiger partial charge in [-0.3, -0.25) is 10.1 Å². The van der Waals surface area contributed by atoms with Crippen LogP contribution in [0.15, 0.2) is 18.2 Å². The summed E-state index contributed by atoms with van der Waals surface area (Å²) in [4.78, 5) is 12.0. The van der Waals surface area contributed by atoms with Crippen LogP contribution >= 0.6 is 11.8 Å². The summed E-state index contributed by atoms with van der Waals surface area (Å²) >= 11 is 1.73. The predicted molar refractivity (Wildman–Crippen MR) is 70.6 cm³/mol. The summed E-state index contributed by atoms with van der Waals surface area (Å²) in [5.74, 6) is 2.34. The number of carbonyl (C=O) groups excluding carboxylic acids is 1. The zero-order valence-electron chi connectivity index (χ0n) is 9.95. The van der Waals surface area contributed by atoms with Gasteiger partial charge in [0.1, 0.15) is 5.75 Å². The van der Waals surface area contributed by atoms with Gasteiger partial charge in [-0.05, 0) is 24.6 Å². The average Bonchev–Trinajstić information content (AvgIpc) is 2.83. The van der Waals surface area contributed by atoms with E-state index in [9.17, 15) is 4.79 Å². The van der Waals surface area contributed by atoms with Crippen molar-refractivity contribution in [2.75, 3.05) is 24.1 Å². The van der Waals surface area contributed by atoms with E-state index in [2.05, 4.69) is 10.6 Å². The smallest absolute Gasteiger partial charge is 0.242 e. The van der Waals surface area contributed by atoms with Gasteiger partial charge < -0.3 is 10.1 Å². The molecule has 1 aliphatic heterocycles. The highest BCUT2D eigenvalue weighted by molar-refractivity contribution is 7.99. The summed E-state index contributed by atoms with van der Waals surface area (Å²) in [6.07, 6.45) is 0. The third-order valence-corrected chi connectivity index (χ3v) is 3.59. The molecule has 0 aliphatic carbocycles. The molecule has 0 spiro atoms. The van der Waals surface area contributed by atoms with E-state index in [0.29, 0.717) is 5.75 Å². The molecule has 5 heteroatoms. The van der Waals surface area contributed by atoms with Crippen LogP contribution in [0.1, 0.15) is 5.56 Å². The molecule has 92 valence electrons. The van der Waals surface area contributed by atoms with Gasteiger partial charge in [-0.15, -0.1) is 11.8 Å². The number of hydrogen-bond acceptors (Lipinski definition) is 4. The Labute approximate surface area is 105 Å². The highest BCUT2D eigenvalue weighted by Crippen LogP contribution is 2.25. The molecule has 1 aliphatic rings. The zero-order valence-corrected chi connectivity index (χ0v) is 10.8. The molecule has 1 fully saturated rings. The number of anilines is 1. The Morgan fingerprint density at radius 2 is 2.41 bits per heavy atom. The van der Waals surface area contributed by atoms with Gasteiger partial charge in [0.15, 0.2) is 0 Å². The molecule has 1 aromatic rings. The fourth-order valence-electron chi connectivity index (χ4n) is 1.70. The molecule has 1 unspecified atom stereocenters. The normalized spacial score (nSPS) is 19.1. The monoisotopic (exact) mass is 252 g/mol. The number of benzene rings is 1. The quantitative estimate of drug-likeness (QED) is 0.858. The molecule has 1 heterocycles. The Balaban J connectivity index is 2.11. The molecule has 1 aromatic carbocycles. The number of thioether (sulfide) groups is 1. The lowest BCUT2D eigenvalue weighted by atomic mass is 10.2. The maximum atomic E-state index is 12.0. The van der Waals surface area contributed by atoms with E-state index in [0.717, 1.165) is 22.9 Å². The van der Waals surface area contributed by atoms with Gasteiger partial charge in [-0.1, -0.05) is 6.07 Å². The number of nitrogens with one attached hydrogen (secondary N) is 2. The topological polar surface area (TPSA) is 50.4 Å². The van der Waals surface area contributed by atoms with E-state index in [1.165, 1.54) is 0 Å². The van der Waals surface area contributed by atoms with Crippen LogP contribution in [-0.4, -0.2) is 30.7 Å². The maximum Gasteiger partial charge on any atom is 0.242 e. The minimum Gasteiger partial charge on any atom is -0.495 e. The van der Waals surface area contributed by atoms with Gasteiger partial charge in [0.2, 0.25) is 5.91 Å². The van der Waals surface area contributed by atoms with Crippen LogP contribution in [0.3, 0.4) is 0 Å². The Morgan fingerprint density at radius 3 is 3.06 bits per heavy atom. The van der Waals surface area contributed by atoms with Crippen molar-refractivity contribution in [2.45, 2.75) is 13.0 Å². The first-order chi connectivity index (χ1) is 8.20. The van der Waals surface area contributed by atoms with Crippen molar-refractivity contribution in [1.82, 2.24) is 5.32 Å². The summed E-state index contributed by atoms with van der Waals surface area (Å²) < 4.78 is 5.22. The van der Waals surface area contributed by atoms with E-state index in [-0.39, 0.29) is 11.9 Å². The van der Waals surface area contributed by atoms with Crippen LogP contribution in [0.2, 0.25) is 0 Å². The summed E-state index contributed by atoms with van der Waals surface area (Å²) in [5.41, 5.74) is 1.83. The number of ether oxygens (including phenoxy) is 1. The van der Waals surface area contributed by atoms with Crippen molar-refractivity contribution in [3.05, 3.63) is 23.8 Å². The molecule has 1 saturated heterocycles. The molecule has 0 radical (unpaired) electrons. The minimum absolute atomic E-state index is 0.00102. The number of rotatable bonds is 3. The van der Waals surface area contributed by atoms with Crippen LogP contribution in [-0.2, 0) is 4.79 Å². The number of amides is 1. The first-order valence-electron chi connectivity index (χ1n) is 5.47. The average molecular weight is 252 g/mol.